The fourth-order valence-corrected chi connectivity index (χ4v) is 5.60. The van der Waals surface area contributed by atoms with Crippen LogP contribution in [0.2, 0.25) is 0 Å². The highest BCUT2D eigenvalue weighted by atomic mass is 31.2. The van der Waals surface area contributed by atoms with E-state index < -0.39 is 68.7 Å². The van der Waals surface area contributed by atoms with Crippen molar-refractivity contribution in [2.24, 2.45) is 0 Å². The van der Waals surface area contributed by atoms with E-state index in [2.05, 4.69) is 24.9 Å². The highest BCUT2D eigenvalue weighted by Gasteiger charge is 2.51. The Morgan fingerprint density at radius 2 is 1.90 bits per heavy atom. The quantitative estimate of drug-likeness (QED) is 0.195. The number of halogens is 1. The monoisotopic (exact) mass is 603 g/mol. The number of anilines is 2. The Kier molecular flexibility index (Phi) is 8.17. The van der Waals surface area contributed by atoms with E-state index in [0.717, 1.165) is 10.9 Å². The maximum Gasteiger partial charge on any atom is 0.472 e. The highest BCUT2D eigenvalue weighted by Crippen LogP contribution is 2.49. The second kappa shape index (κ2) is 11.5. The zero-order valence-electron chi connectivity index (χ0n) is 21.6. The number of ether oxygens (including phenoxy) is 4. The molecule has 2 fully saturated rings. The molecule has 0 bridgehead atoms. The lowest BCUT2D eigenvalue weighted by Gasteiger charge is -2.23. The number of phosphoric acid groups is 1. The minimum Gasteiger partial charge on any atom is -0.382 e. The zero-order valence-corrected chi connectivity index (χ0v) is 22.5. The molecule has 41 heavy (non-hydrogen) atoms. The molecule has 3 aromatic heterocycles. The van der Waals surface area contributed by atoms with Crippen molar-refractivity contribution in [3.05, 3.63) is 33.5 Å². The number of alkyl halides is 1. The van der Waals surface area contributed by atoms with Crippen LogP contribution in [0.4, 0.5) is 16.3 Å². The Bertz CT molecular complexity index is 1570. The number of H-pyrrole nitrogens is 1. The average molecular weight is 603 g/mol. The molecular weight excluding hydrogens is 576 g/mol. The van der Waals surface area contributed by atoms with Crippen molar-refractivity contribution in [3.63, 3.8) is 0 Å². The van der Waals surface area contributed by atoms with E-state index in [0.29, 0.717) is 0 Å². The first-order valence-corrected chi connectivity index (χ1v) is 13.6. The number of nitrogens with zero attached hydrogens (tertiary/aromatic N) is 6. The van der Waals surface area contributed by atoms with E-state index in [1.807, 2.05) is 0 Å². The number of nitrogen functional groups attached to an aromatic ring is 2. The van der Waals surface area contributed by atoms with Gasteiger partial charge in [0.05, 0.1) is 25.6 Å². The van der Waals surface area contributed by atoms with Gasteiger partial charge in [0.15, 0.2) is 23.6 Å². The highest BCUT2D eigenvalue weighted by molar-refractivity contribution is 7.47. The van der Waals surface area contributed by atoms with Crippen LogP contribution in [0.1, 0.15) is 18.9 Å². The number of phosphoric ester groups is 1. The largest absolute Gasteiger partial charge is 0.472 e. The van der Waals surface area contributed by atoms with Crippen LogP contribution in [-0.4, -0.2) is 97.0 Å². The van der Waals surface area contributed by atoms with Crippen molar-refractivity contribution in [2.45, 2.75) is 49.5 Å². The van der Waals surface area contributed by atoms with Gasteiger partial charge in [-0.2, -0.15) is 9.97 Å². The van der Waals surface area contributed by atoms with Gasteiger partial charge in [0.25, 0.3) is 5.56 Å². The molecule has 3 aromatic rings. The molecule has 5 rings (SSSR count). The first kappa shape index (κ1) is 29.1. The third kappa shape index (κ3) is 5.86. The lowest BCUT2D eigenvalue weighted by atomic mass is 10.1. The van der Waals surface area contributed by atoms with Gasteiger partial charge in [-0.1, -0.05) is 0 Å². The van der Waals surface area contributed by atoms with Gasteiger partial charge < -0.3 is 35.3 Å². The summed E-state index contributed by atoms with van der Waals surface area (Å²) in [4.78, 5) is 52.3. The van der Waals surface area contributed by atoms with Crippen LogP contribution in [0.3, 0.4) is 0 Å². The summed E-state index contributed by atoms with van der Waals surface area (Å²) in [6.07, 6.45) is -6.33. The first-order chi connectivity index (χ1) is 19.5. The van der Waals surface area contributed by atoms with Gasteiger partial charge in [-0.05, 0) is 0 Å². The summed E-state index contributed by atoms with van der Waals surface area (Å²) in [5, 5.41) is 0. The zero-order chi connectivity index (χ0) is 29.5. The summed E-state index contributed by atoms with van der Waals surface area (Å²) >= 11 is 0. The lowest BCUT2D eigenvalue weighted by molar-refractivity contribution is -0.0644. The number of hydrogen-bond donors (Lipinski definition) is 4. The molecule has 0 saturated carbocycles. The van der Waals surface area contributed by atoms with Crippen LogP contribution < -0.4 is 22.7 Å². The maximum atomic E-state index is 15.4. The number of aromatic nitrogens is 7. The topological polar surface area (TPSA) is 256 Å². The smallest absolute Gasteiger partial charge is 0.382 e. The van der Waals surface area contributed by atoms with Crippen molar-refractivity contribution in [1.29, 1.82) is 0 Å². The molecule has 0 amide bonds. The number of nitrogens with one attached hydrogen (secondary N) is 1. The molecule has 0 aromatic carbocycles. The van der Waals surface area contributed by atoms with E-state index in [9.17, 15) is 19.0 Å². The number of rotatable bonds is 10. The molecule has 224 valence electrons. The van der Waals surface area contributed by atoms with E-state index >= 15 is 4.39 Å². The number of methoxy groups -OCH3 is 2. The summed E-state index contributed by atoms with van der Waals surface area (Å²) in [5.74, 6) is -0.441. The molecule has 2 aliphatic rings. The molecule has 0 radical (unpaired) electrons. The van der Waals surface area contributed by atoms with Gasteiger partial charge in [-0.3, -0.25) is 28.0 Å². The van der Waals surface area contributed by atoms with Gasteiger partial charge in [0.1, 0.15) is 30.9 Å². The molecule has 0 spiro atoms. The normalized spacial score (nSPS) is 29.7. The number of nitrogens with two attached hydrogens (primary N) is 2. The number of aromatic amines is 1. The third-order valence-electron chi connectivity index (χ3n) is 6.52. The van der Waals surface area contributed by atoms with Crippen molar-refractivity contribution in [3.8, 4) is 0 Å². The molecule has 2 unspecified atom stereocenters. The number of fused-ring (bicyclic) bond motifs is 1. The maximum absolute atomic E-state index is 15.4. The Balaban J connectivity index is 1.27. The van der Waals surface area contributed by atoms with E-state index in [1.165, 1.54) is 25.1 Å². The second-order valence-electron chi connectivity index (χ2n) is 9.12. The summed E-state index contributed by atoms with van der Waals surface area (Å²) in [5.41, 5.74) is 9.76. The van der Waals surface area contributed by atoms with E-state index in [4.69, 9.17) is 39.5 Å². The number of imidazole rings is 1. The van der Waals surface area contributed by atoms with Crippen LogP contribution in [0, 0.1) is 0 Å². The molecule has 2 saturated heterocycles. The summed E-state index contributed by atoms with van der Waals surface area (Å²) in [7, 11) is -2.23. The van der Waals surface area contributed by atoms with Gasteiger partial charge >= 0.3 is 13.5 Å². The van der Waals surface area contributed by atoms with Crippen LogP contribution in [0.25, 0.3) is 11.2 Å². The van der Waals surface area contributed by atoms with Crippen molar-refractivity contribution in [2.75, 3.05) is 38.9 Å². The average Bonchev–Trinajstić information content (AvgIpc) is 3.60. The Morgan fingerprint density at radius 3 is 2.61 bits per heavy atom. The van der Waals surface area contributed by atoms with Crippen LogP contribution in [0.15, 0.2) is 22.2 Å². The minimum atomic E-state index is -4.94. The van der Waals surface area contributed by atoms with E-state index in [-0.39, 0.29) is 36.1 Å². The fourth-order valence-electron chi connectivity index (χ4n) is 4.65. The lowest BCUT2D eigenvalue weighted by Crippen LogP contribution is -2.36. The minimum absolute atomic E-state index is 0.0426. The molecule has 5 heterocycles. The molecule has 6 N–H and O–H groups in total. The predicted octanol–water partition coefficient (Wildman–Crippen LogP) is -1.38. The van der Waals surface area contributed by atoms with E-state index in [1.54, 1.807) is 0 Å². The predicted molar refractivity (Wildman–Crippen MR) is 134 cm³/mol. The molecule has 21 heteroatoms. The molecule has 0 aliphatic carbocycles. The number of hydrogen-bond acceptors (Lipinski definition) is 15. The summed E-state index contributed by atoms with van der Waals surface area (Å²) in [6.45, 7) is -0.745. The summed E-state index contributed by atoms with van der Waals surface area (Å²) < 4.78 is 62.8. The summed E-state index contributed by atoms with van der Waals surface area (Å²) in [6, 6.07) is 0. The Hall–Kier alpha value is -3.36. The van der Waals surface area contributed by atoms with Crippen molar-refractivity contribution < 1.29 is 41.8 Å². The van der Waals surface area contributed by atoms with Crippen LogP contribution >= 0.6 is 7.82 Å². The van der Waals surface area contributed by atoms with Gasteiger partial charge in [0.2, 0.25) is 11.9 Å². The molecule has 19 nitrogen and oxygen atoms in total. The third-order valence-corrected chi connectivity index (χ3v) is 7.50. The van der Waals surface area contributed by atoms with Crippen molar-refractivity contribution in [1.82, 2.24) is 34.1 Å². The Morgan fingerprint density at radius 1 is 1.15 bits per heavy atom. The van der Waals surface area contributed by atoms with Crippen LogP contribution in [0.5, 0.6) is 0 Å². The second-order valence-corrected chi connectivity index (χ2v) is 10.5. The standard InChI is InChI=1S/C20H27FN9O10P/c1-35-4-10-14(12(21)17(39-10)30-7-25-18(22)28-20(30)32)40-41(33,34)37-5-9-8(36-2)3-11(38-9)29-6-24-13-15(29)26-19(23)27-16(13)31/h6-12,14,17H,3-5H2,1-2H3,(H,33,34)(H2,22,28,32)(H3,23,26,27,31)/t8-,9-,10-,11-,12?,14+,17-/m1/s1. The Labute approximate surface area is 229 Å². The fraction of sp³-hybridized carbons (Fsp3) is 0.600. The molecular formula is C20H27FN9O10P. The van der Waals surface area contributed by atoms with Crippen molar-refractivity contribution >= 4 is 30.9 Å². The SMILES string of the molecule is COC[C@H]1O[C@@H](n2cnc(N)nc2=O)C(F)[C@H]1OP(=O)(O)OC[C@H]1O[C@@H](n2cnc3c(=O)[nH]c(N)nc32)C[C@H]1OC. The van der Waals surface area contributed by atoms with Gasteiger partial charge in [-0.15, -0.1) is 0 Å². The van der Waals surface area contributed by atoms with Crippen LogP contribution in [-0.2, 0) is 32.6 Å². The molecule has 2 aliphatic heterocycles. The van der Waals surface area contributed by atoms with Gasteiger partial charge in [0, 0.05) is 20.6 Å². The molecule has 8 atom stereocenters. The van der Waals surface area contributed by atoms with Gasteiger partial charge in [-0.25, -0.2) is 23.7 Å². The first-order valence-electron chi connectivity index (χ1n) is 12.1.